The molecule has 0 spiro atoms. The van der Waals surface area contributed by atoms with Crippen LogP contribution >= 0.6 is 11.3 Å². The van der Waals surface area contributed by atoms with E-state index < -0.39 is 0 Å². The van der Waals surface area contributed by atoms with Gasteiger partial charge in [0.15, 0.2) is 0 Å². The Balaban J connectivity index is 1.96. The SMILES string of the molecule is COCCN(Cc1ccccc1)Cc1cscn1. The first-order valence-electron chi connectivity index (χ1n) is 6.01. The molecular formula is C14H18N2OS. The maximum absolute atomic E-state index is 5.17. The van der Waals surface area contributed by atoms with Crippen molar-refractivity contribution >= 4 is 11.3 Å². The fourth-order valence-corrected chi connectivity index (χ4v) is 2.37. The predicted octanol–water partition coefficient (Wildman–Crippen LogP) is 2.79. The largest absolute Gasteiger partial charge is 0.383 e. The molecule has 1 heterocycles. The first kappa shape index (κ1) is 13.2. The lowest BCUT2D eigenvalue weighted by molar-refractivity contribution is 0.139. The lowest BCUT2D eigenvalue weighted by atomic mass is 10.2. The summed E-state index contributed by atoms with van der Waals surface area (Å²) in [4.78, 5) is 6.70. The number of thiazole rings is 1. The van der Waals surface area contributed by atoms with E-state index in [1.807, 2.05) is 11.6 Å². The van der Waals surface area contributed by atoms with Gasteiger partial charge in [-0.3, -0.25) is 4.90 Å². The third-order valence-corrected chi connectivity index (χ3v) is 3.36. The van der Waals surface area contributed by atoms with Crippen molar-refractivity contribution in [2.45, 2.75) is 13.1 Å². The molecule has 2 rings (SSSR count). The number of rotatable bonds is 7. The topological polar surface area (TPSA) is 25.4 Å². The molecule has 3 nitrogen and oxygen atoms in total. The zero-order chi connectivity index (χ0) is 12.6. The molecule has 18 heavy (non-hydrogen) atoms. The number of hydrogen-bond donors (Lipinski definition) is 0. The van der Waals surface area contributed by atoms with Crippen molar-refractivity contribution in [1.29, 1.82) is 0 Å². The van der Waals surface area contributed by atoms with Gasteiger partial charge in [-0.2, -0.15) is 0 Å². The number of benzene rings is 1. The predicted molar refractivity (Wildman–Crippen MR) is 74.5 cm³/mol. The van der Waals surface area contributed by atoms with E-state index in [9.17, 15) is 0 Å². The van der Waals surface area contributed by atoms with Gasteiger partial charge in [0, 0.05) is 32.1 Å². The summed E-state index contributed by atoms with van der Waals surface area (Å²) in [5.74, 6) is 0. The fraction of sp³-hybridized carbons (Fsp3) is 0.357. The Morgan fingerprint density at radius 2 is 2.06 bits per heavy atom. The molecule has 0 aliphatic carbocycles. The molecule has 0 saturated carbocycles. The average Bonchev–Trinajstić information content (AvgIpc) is 2.90. The Morgan fingerprint density at radius 3 is 2.72 bits per heavy atom. The van der Waals surface area contributed by atoms with Gasteiger partial charge in [0.1, 0.15) is 0 Å². The Morgan fingerprint density at radius 1 is 1.22 bits per heavy atom. The Hall–Kier alpha value is -1.23. The summed E-state index contributed by atoms with van der Waals surface area (Å²) in [6, 6.07) is 10.5. The van der Waals surface area contributed by atoms with Gasteiger partial charge in [-0.1, -0.05) is 30.3 Å². The van der Waals surface area contributed by atoms with Crippen molar-refractivity contribution in [2.75, 3.05) is 20.3 Å². The molecule has 0 radical (unpaired) electrons. The van der Waals surface area contributed by atoms with Crippen LogP contribution in [-0.2, 0) is 17.8 Å². The highest BCUT2D eigenvalue weighted by Crippen LogP contribution is 2.10. The van der Waals surface area contributed by atoms with Crippen molar-refractivity contribution < 1.29 is 4.74 Å². The normalized spacial score (nSPS) is 11.0. The molecule has 0 amide bonds. The first-order valence-corrected chi connectivity index (χ1v) is 6.95. The van der Waals surface area contributed by atoms with E-state index in [4.69, 9.17) is 4.74 Å². The molecule has 0 atom stereocenters. The van der Waals surface area contributed by atoms with E-state index in [2.05, 4.69) is 39.5 Å². The molecule has 0 aliphatic heterocycles. The zero-order valence-electron chi connectivity index (χ0n) is 10.6. The van der Waals surface area contributed by atoms with E-state index >= 15 is 0 Å². The van der Waals surface area contributed by atoms with E-state index in [0.717, 1.165) is 31.9 Å². The van der Waals surface area contributed by atoms with Crippen LogP contribution in [0.2, 0.25) is 0 Å². The molecule has 1 aromatic heterocycles. The van der Waals surface area contributed by atoms with Crippen LogP contribution in [0.5, 0.6) is 0 Å². The maximum Gasteiger partial charge on any atom is 0.0795 e. The number of ether oxygens (including phenoxy) is 1. The van der Waals surface area contributed by atoms with E-state index in [1.54, 1.807) is 18.4 Å². The van der Waals surface area contributed by atoms with Gasteiger partial charge in [-0.15, -0.1) is 11.3 Å². The summed E-state index contributed by atoms with van der Waals surface area (Å²) in [7, 11) is 1.74. The van der Waals surface area contributed by atoms with Gasteiger partial charge in [-0.05, 0) is 5.56 Å². The van der Waals surface area contributed by atoms with Gasteiger partial charge >= 0.3 is 0 Å². The second-order valence-corrected chi connectivity index (χ2v) is 4.89. The third kappa shape index (κ3) is 4.22. The van der Waals surface area contributed by atoms with Crippen LogP contribution < -0.4 is 0 Å². The zero-order valence-corrected chi connectivity index (χ0v) is 11.4. The van der Waals surface area contributed by atoms with Gasteiger partial charge in [0.25, 0.3) is 0 Å². The average molecular weight is 262 g/mol. The molecule has 4 heteroatoms. The fourth-order valence-electron chi connectivity index (χ4n) is 1.82. The van der Waals surface area contributed by atoms with Crippen LogP contribution in [0.25, 0.3) is 0 Å². The minimum atomic E-state index is 0.747. The summed E-state index contributed by atoms with van der Waals surface area (Å²) in [5, 5.41) is 2.10. The number of nitrogens with zero attached hydrogens (tertiary/aromatic N) is 2. The maximum atomic E-state index is 5.17. The first-order chi connectivity index (χ1) is 8.88. The number of aromatic nitrogens is 1. The van der Waals surface area contributed by atoms with Crippen LogP contribution in [0, 0.1) is 0 Å². The quantitative estimate of drug-likeness (QED) is 0.767. The molecule has 2 aromatic rings. The Labute approximate surface area is 112 Å². The molecule has 0 unspecified atom stereocenters. The number of methoxy groups -OCH3 is 1. The van der Waals surface area contributed by atoms with E-state index in [1.165, 1.54) is 5.56 Å². The Bertz CT molecular complexity index is 430. The van der Waals surface area contributed by atoms with Crippen molar-refractivity contribution in [3.63, 3.8) is 0 Å². The van der Waals surface area contributed by atoms with Crippen LogP contribution in [0.1, 0.15) is 11.3 Å². The second-order valence-electron chi connectivity index (χ2n) is 4.17. The Kier molecular flexibility index (Phi) is 5.33. The molecular weight excluding hydrogens is 244 g/mol. The monoisotopic (exact) mass is 262 g/mol. The molecule has 0 saturated heterocycles. The van der Waals surface area contributed by atoms with Crippen LogP contribution in [0.15, 0.2) is 41.2 Å². The van der Waals surface area contributed by atoms with Gasteiger partial charge in [-0.25, -0.2) is 4.98 Å². The molecule has 1 aromatic carbocycles. The molecule has 0 fully saturated rings. The third-order valence-electron chi connectivity index (χ3n) is 2.73. The van der Waals surface area contributed by atoms with Crippen LogP contribution in [0.4, 0.5) is 0 Å². The number of hydrogen-bond acceptors (Lipinski definition) is 4. The highest BCUT2D eigenvalue weighted by molar-refractivity contribution is 7.07. The van der Waals surface area contributed by atoms with Crippen LogP contribution in [0.3, 0.4) is 0 Å². The van der Waals surface area contributed by atoms with Crippen molar-refractivity contribution in [1.82, 2.24) is 9.88 Å². The summed E-state index contributed by atoms with van der Waals surface area (Å²) in [5.41, 5.74) is 4.34. The lowest BCUT2D eigenvalue weighted by Gasteiger charge is -2.21. The molecule has 0 aliphatic rings. The summed E-state index contributed by atoms with van der Waals surface area (Å²) < 4.78 is 5.17. The van der Waals surface area contributed by atoms with Crippen molar-refractivity contribution in [3.8, 4) is 0 Å². The minimum absolute atomic E-state index is 0.747. The second kappa shape index (κ2) is 7.26. The highest BCUT2D eigenvalue weighted by Gasteiger charge is 2.07. The van der Waals surface area contributed by atoms with E-state index in [-0.39, 0.29) is 0 Å². The van der Waals surface area contributed by atoms with Gasteiger partial charge in [0.2, 0.25) is 0 Å². The van der Waals surface area contributed by atoms with Gasteiger partial charge in [0.05, 0.1) is 17.8 Å². The molecule has 0 bridgehead atoms. The smallest absolute Gasteiger partial charge is 0.0795 e. The van der Waals surface area contributed by atoms with Crippen molar-refractivity contribution in [2.24, 2.45) is 0 Å². The minimum Gasteiger partial charge on any atom is -0.383 e. The summed E-state index contributed by atoms with van der Waals surface area (Å²) in [6.07, 6.45) is 0. The van der Waals surface area contributed by atoms with Crippen LogP contribution in [-0.4, -0.2) is 30.1 Å². The summed E-state index contributed by atoms with van der Waals surface area (Å²) in [6.45, 7) is 3.48. The standard InChI is InChI=1S/C14H18N2OS/c1-17-8-7-16(10-14-11-18-12-15-14)9-13-5-3-2-4-6-13/h2-6,11-12H,7-10H2,1H3. The molecule has 0 N–H and O–H groups in total. The summed E-state index contributed by atoms with van der Waals surface area (Å²) >= 11 is 1.64. The highest BCUT2D eigenvalue weighted by atomic mass is 32.1. The van der Waals surface area contributed by atoms with Gasteiger partial charge < -0.3 is 4.74 Å². The lowest BCUT2D eigenvalue weighted by Crippen LogP contribution is -2.26. The van der Waals surface area contributed by atoms with Crippen molar-refractivity contribution in [3.05, 3.63) is 52.5 Å². The molecule has 96 valence electrons. The van der Waals surface area contributed by atoms with E-state index in [0.29, 0.717) is 0 Å².